The number of para-hydroxylation sites is 1. The summed E-state index contributed by atoms with van der Waals surface area (Å²) in [6, 6.07) is 9.42. The number of amides is 1. The van der Waals surface area contributed by atoms with Crippen LogP contribution >= 0.6 is 27.3 Å². The van der Waals surface area contributed by atoms with Crippen LogP contribution in [-0.2, 0) is 12.8 Å². The number of carbonyl (C=O) groups excluding carboxylic acids is 1. The highest BCUT2D eigenvalue weighted by Gasteiger charge is 2.24. The summed E-state index contributed by atoms with van der Waals surface area (Å²) in [7, 11) is 0. The van der Waals surface area contributed by atoms with E-state index in [4.69, 9.17) is 0 Å². The molecule has 0 aliphatic heterocycles. The average molecular weight is 435 g/mol. The number of hydrogen-bond acceptors (Lipinski definition) is 3. The number of anilines is 1. The summed E-state index contributed by atoms with van der Waals surface area (Å²) in [4.78, 5) is 17.9. The van der Waals surface area contributed by atoms with Gasteiger partial charge in [-0.2, -0.15) is 0 Å². The van der Waals surface area contributed by atoms with Gasteiger partial charge in [-0.1, -0.05) is 34.1 Å². The summed E-state index contributed by atoms with van der Waals surface area (Å²) in [5.74, 6) is -2.24. The van der Waals surface area contributed by atoms with Gasteiger partial charge >= 0.3 is 0 Å². The van der Waals surface area contributed by atoms with Gasteiger partial charge in [-0.25, -0.2) is 13.8 Å². The Morgan fingerprint density at radius 2 is 1.85 bits per heavy atom. The molecule has 0 fully saturated rings. The van der Waals surface area contributed by atoms with Gasteiger partial charge in [0.15, 0.2) is 5.01 Å². The zero-order chi connectivity index (χ0) is 18.3. The summed E-state index contributed by atoms with van der Waals surface area (Å²) in [6.07, 6.45) is 2.62. The SMILES string of the molecule is O=C(Nc1c(F)cccc1F)c1nc2c(s1)-c1cccc(Br)c1CCC2. The number of thiazole rings is 1. The van der Waals surface area contributed by atoms with Gasteiger partial charge in [0.05, 0.1) is 10.6 Å². The highest BCUT2D eigenvalue weighted by Crippen LogP contribution is 2.39. The molecule has 3 aromatic rings. The number of benzene rings is 2. The highest BCUT2D eigenvalue weighted by molar-refractivity contribution is 9.10. The number of nitrogens with zero attached hydrogens (tertiary/aromatic N) is 1. The van der Waals surface area contributed by atoms with Crippen LogP contribution in [-0.4, -0.2) is 10.9 Å². The molecule has 2 aromatic carbocycles. The zero-order valence-electron chi connectivity index (χ0n) is 13.5. The number of nitrogens with one attached hydrogen (secondary N) is 1. The van der Waals surface area contributed by atoms with Crippen molar-refractivity contribution >= 4 is 38.9 Å². The van der Waals surface area contributed by atoms with Crippen LogP contribution in [0.1, 0.15) is 27.5 Å². The molecule has 3 nitrogen and oxygen atoms in total. The number of aryl methyl sites for hydroxylation is 1. The smallest absolute Gasteiger partial charge is 0.284 e. The Balaban J connectivity index is 1.71. The van der Waals surface area contributed by atoms with E-state index in [1.165, 1.54) is 23.0 Å². The largest absolute Gasteiger partial charge is 0.315 e. The number of aromatic nitrogens is 1. The molecular weight excluding hydrogens is 422 g/mol. The van der Waals surface area contributed by atoms with Crippen LogP contribution in [0.2, 0.25) is 0 Å². The molecule has 0 unspecified atom stereocenters. The van der Waals surface area contributed by atoms with Crippen molar-refractivity contribution < 1.29 is 13.6 Å². The van der Waals surface area contributed by atoms with Crippen LogP contribution in [0.4, 0.5) is 14.5 Å². The van der Waals surface area contributed by atoms with Gasteiger partial charge in [-0.3, -0.25) is 4.79 Å². The second-order valence-corrected chi connectivity index (χ2v) is 7.82. The molecule has 1 N–H and O–H groups in total. The van der Waals surface area contributed by atoms with Gasteiger partial charge in [-0.15, -0.1) is 11.3 Å². The van der Waals surface area contributed by atoms with Crippen molar-refractivity contribution in [1.82, 2.24) is 4.98 Å². The summed E-state index contributed by atoms with van der Waals surface area (Å²) < 4.78 is 28.6. The minimum atomic E-state index is -0.814. The van der Waals surface area contributed by atoms with E-state index in [-0.39, 0.29) is 5.01 Å². The molecular formula is C19H13BrF2N2OS. The first-order valence-corrected chi connectivity index (χ1v) is 9.68. The minimum absolute atomic E-state index is 0.200. The number of fused-ring (bicyclic) bond motifs is 3. The Bertz CT molecular complexity index is 999. The molecule has 26 heavy (non-hydrogen) atoms. The summed E-state index contributed by atoms with van der Waals surface area (Å²) in [6.45, 7) is 0. The predicted molar refractivity (Wildman–Crippen MR) is 102 cm³/mol. The van der Waals surface area contributed by atoms with E-state index >= 15 is 0 Å². The lowest BCUT2D eigenvalue weighted by atomic mass is 10.0. The lowest BCUT2D eigenvalue weighted by molar-refractivity contribution is 0.102. The Kier molecular flexibility index (Phi) is 4.58. The average Bonchev–Trinajstić information content (AvgIpc) is 2.96. The maximum absolute atomic E-state index is 13.8. The molecule has 7 heteroatoms. The second kappa shape index (κ2) is 6.89. The van der Waals surface area contributed by atoms with Gasteiger partial charge in [0, 0.05) is 4.47 Å². The van der Waals surface area contributed by atoms with Crippen molar-refractivity contribution in [3.8, 4) is 10.4 Å². The lowest BCUT2D eigenvalue weighted by Gasteiger charge is -2.07. The van der Waals surface area contributed by atoms with Crippen molar-refractivity contribution in [1.29, 1.82) is 0 Å². The fourth-order valence-electron chi connectivity index (χ4n) is 3.07. The number of halogens is 3. The molecule has 1 aliphatic rings. The van der Waals surface area contributed by atoms with E-state index in [1.54, 1.807) is 0 Å². The first-order valence-electron chi connectivity index (χ1n) is 8.07. The monoisotopic (exact) mass is 434 g/mol. The Labute approximate surface area is 161 Å². The van der Waals surface area contributed by atoms with Crippen LogP contribution in [0.15, 0.2) is 40.9 Å². The van der Waals surface area contributed by atoms with Crippen LogP contribution in [0.25, 0.3) is 10.4 Å². The van der Waals surface area contributed by atoms with Gasteiger partial charge < -0.3 is 5.32 Å². The Morgan fingerprint density at radius 1 is 1.12 bits per heavy atom. The first kappa shape index (κ1) is 17.3. The van der Waals surface area contributed by atoms with Crippen molar-refractivity contribution in [3.63, 3.8) is 0 Å². The van der Waals surface area contributed by atoms with Crippen LogP contribution < -0.4 is 5.32 Å². The maximum atomic E-state index is 13.8. The molecule has 1 amide bonds. The molecule has 4 rings (SSSR count). The standard InChI is InChI=1S/C19H13BrF2N2OS/c20-12-6-1-5-11-10(12)4-2-9-15-17(11)26-19(23-15)18(25)24-16-13(21)7-3-8-14(16)22/h1,3,5-8H,2,4,9H2,(H,24,25). The topological polar surface area (TPSA) is 42.0 Å². The third-order valence-electron chi connectivity index (χ3n) is 4.30. The molecule has 0 radical (unpaired) electrons. The van der Waals surface area contributed by atoms with Crippen LogP contribution in [0.3, 0.4) is 0 Å². The lowest BCUT2D eigenvalue weighted by Crippen LogP contribution is -2.14. The highest BCUT2D eigenvalue weighted by atomic mass is 79.9. The maximum Gasteiger partial charge on any atom is 0.284 e. The summed E-state index contributed by atoms with van der Waals surface area (Å²) in [5.41, 5.74) is 2.65. The predicted octanol–water partition coefficient (Wildman–Crippen LogP) is 5.59. The molecule has 0 spiro atoms. The fourth-order valence-corrected chi connectivity index (χ4v) is 4.70. The third kappa shape index (κ3) is 3.05. The van der Waals surface area contributed by atoms with Gasteiger partial charge in [0.2, 0.25) is 0 Å². The minimum Gasteiger partial charge on any atom is -0.315 e. The van der Waals surface area contributed by atoms with Crippen LogP contribution in [0, 0.1) is 11.6 Å². The molecule has 1 aromatic heterocycles. The van der Waals surface area contributed by atoms with E-state index < -0.39 is 23.2 Å². The quantitative estimate of drug-likeness (QED) is 0.570. The molecule has 0 atom stereocenters. The van der Waals surface area contributed by atoms with Gasteiger partial charge in [0.25, 0.3) is 5.91 Å². The summed E-state index contributed by atoms with van der Waals surface area (Å²) >= 11 is 4.84. The number of hydrogen-bond donors (Lipinski definition) is 1. The van der Waals surface area contributed by atoms with Crippen molar-refractivity contribution in [3.05, 3.63) is 68.8 Å². The van der Waals surface area contributed by atoms with Crippen molar-refractivity contribution in [2.24, 2.45) is 0 Å². The zero-order valence-corrected chi connectivity index (χ0v) is 15.9. The van der Waals surface area contributed by atoms with E-state index in [0.717, 1.165) is 52.0 Å². The number of carbonyl (C=O) groups is 1. The third-order valence-corrected chi connectivity index (χ3v) is 6.17. The Morgan fingerprint density at radius 3 is 2.62 bits per heavy atom. The first-order chi connectivity index (χ1) is 12.5. The van der Waals surface area contributed by atoms with Crippen molar-refractivity contribution in [2.45, 2.75) is 19.3 Å². The van der Waals surface area contributed by atoms with Crippen LogP contribution in [0.5, 0.6) is 0 Å². The number of rotatable bonds is 2. The van der Waals surface area contributed by atoms with E-state index in [2.05, 4.69) is 26.2 Å². The molecule has 132 valence electrons. The molecule has 0 saturated carbocycles. The summed E-state index contributed by atoms with van der Waals surface area (Å²) in [5, 5.41) is 2.50. The molecule has 1 heterocycles. The van der Waals surface area contributed by atoms with Crippen molar-refractivity contribution in [2.75, 3.05) is 5.32 Å². The molecule has 1 aliphatic carbocycles. The fraction of sp³-hybridized carbons (Fsp3) is 0.158. The van der Waals surface area contributed by atoms with E-state index in [0.29, 0.717) is 0 Å². The van der Waals surface area contributed by atoms with E-state index in [1.807, 2.05) is 18.2 Å². The van der Waals surface area contributed by atoms with Gasteiger partial charge in [-0.05, 0) is 48.6 Å². The molecule has 0 bridgehead atoms. The second-order valence-electron chi connectivity index (χ2n) is 5.97. The Hall–Kier alpha value is -2.12. The van der Waals surface area contributed by atoms with E-state index in [9.17, 15) is 13.6 Å². The van der Waals surface area contributed by atoms with Gasteiger partial charge in [0.1, 0.15) is 17.3 Å². The molecule has 0 saturated heterocycles. The normalized spacial score (nSPS) is 12.9.